The Morgan fingerprint density at radius 3 is 2.71 bits per heavy atom. The van der Waals surface area contributed by atoms with Crippen LogP contribution in [-0.2, 0) is 9.59 Å². The average Bonchev–Trinajstić information content (AvgIpc) is 2.53. The van der Waals surface area contributed by atoms with Gasteiger partial charge in [0, 0.05) is 6.54 Å². The van der Waals surface area contributed by atoms with Gasteiger partial charge in [-0.1, -0.05) is 0 Å². The lowest BCUT2D eigenvalue weighted by atomic mass is 10.1. The number of carbonyl (C=O) groups is 2. The molecule has 1 aliphatic rings. The van der Waals surface area contributed by atoms with Gasteiger partial charge >= 0.3 is 5.97 Å². The Morgan fingerprint density at radius 1 is 1.64 bits per heavy atom. The molecule has 80 valence electrons. The topological polar surface area (TPSA) is 83.6 Å². The van der Waals surface area contributed by atoms with Gasteiger partial charge in [0.2, 0.25) is 0 Å². The molecule has 5 nitrogen and oxygen atoms in total. The number of Topliss-reactive ketones (excluding diaryl/α,β-unsaturated/α-hetero) is 1. The summed E-state index contributed by atoms with van der Waals surface area (Å²) in [6, 6.07) is -0.967. The molecule has 3 N–H and O–H groups in total. The first-order valence-electron chi connectivity index (χ1n) is 4.77. The number of hydrogen-bond donors (Lipinski definition) is 2. The van der Waals surface area contributed by atoms with Crippen molar-refractivity contribution in [2.24, 2.45) is 5.73 Å². The third-order valence-electron chi connectivity index (χ3n) is 2.67. The number of aliphatic carboxylic acids is 1. The second-order valence-corrected chi connectivity index (χ2v) is 3.60. The second-order valence-electron chi connectivity index (χ2n) is 3.60. The number of rotatable bonds is 4. The van der Waals surface area contributed by atoms with Crippen LogP contribution < -0.4 is 5.73 Å². The second kappa shape index (κ2) is 4.52. The van der Waals surface area contributed by atoms with Crippen LogP contribution in [0.5, 0.6) is 0 Å². The van der Waals surface area contributed by atoms with Crippen molar-refractivity contribution in [1.82, 2.24) is 4.90 Å². The molecule has 0 aromatic rings. The summed E-state index contributed by atoms with van der Waals surface area (Å²) in [4.78, 5) is 23.8. The van der Waals surface area contributed by atoms with Crippen molar-refractivity contribution in [2.75, 3.05) is 13.1 Å². The summed E-state index contributed by atoms with van der Waals surface area (Å²) in [5.74, 6) is -0.914. The van der Waals surface area contributed by atoms with E-state index in [1.54, 1.807) is 4.90 Å². The van der Waals surface area contributed by atoms with Gasteiger partial charge < -0.3 is 10.8 Å². The summed E-state index contributed by atoms with van der Waals surface area (Å²) in [7, 11) is 0. The zero-order chi connectivity index (χ0) is 10.7. The highest BCUT2D eigenvalue weighted by molar-refractivity contribution is 5.83. The monoisotopic (exact) mass is 200 g/mol. The van der Waals surface area contributed by atoms with Crippen molar-refractivity contribution in [2.45, 2.75) is 31.8 Å². The van der Waals surface area contributed by atoms with Crippen molar-refractivity contribution in [1.29, 1.82) is 0 Å². The molecular formula is C9H16N2O3. The minimum absolute atomic E-state index is 0.0298. The minimum Gasteiger partial charge on any atom is -0.480 e. The van der Waals surface area contributed by atoms with Crippen molar-refractivity contribution in [3.63, 3.8) is 0 Å². The third-order valence-corrected chi connectivity index (χ3v) is 2.67. The quantitative estimate of drug-likeness (QED) is 0.636. The fraction of sp³-hybridized carbons (Fsp3) is 0.778. The summed E-state index contributed by atoms with van der Waals surface area (Å²) in [5.41, 5.74) is 5.38. The van der Waals surface area contributed by atoms with E-state index in [9.17, 15) is 9.59 Å². The van der Waals surface area contributed by atoms with E-state index in [0.29, 0.717) is 6.54 Å². The van der Waals surface area contributed by atoms with Crippen LogP contribution in [0.15, 0.2) is 0 Å². The zero-order valence-electron chi connectivity index (χ0n) is 8.27. The van der Waals surface area contributed by atoms with Gasteiger partial charge in [0.05, 0.1) is 6.04 Å². The molecule has 1 unspecified atom stereocenters. The molecule has 1 fully saturated rings. The smallest absolute Gasteiger partial charge is 0.322 e. The molecule has 5 heteroatoms. The predicted molar refractivity (Wildman–Crippen MR) is 50.9 cm³/mol. The van der Waals surface area contributed by atoms with E-state index in [4.69, 9.17) is 10.8 Å². The number of carbonyl (C=O) groups excluding carboxylic acids is 1. The Labute approximate surface area is 82.9 Å². The predicted octanol–water partition coefficient (Wildman–Crippen LogP) is -0.548. The fourth-order valence-electron chi connectivity index (χ4n) is 1.98. The molecule has 2 atom stereocenters. The van der Waals surface area contributed by atoms with E-state index in [2.05, 4.69) is 0 Å². The van der Waals surface area contributed by atoms with E-state index >= 15 is 0 Å². The molecule has 0 radical (unpaired) electrons. The van der Waals surface area contributed by atoms with Gasteiger partial charge in [-0.05, 0) is 26.3 Å². The van der Waals surface area contributed by atoms with Crippen LogP contribution in [0.2, 0.25) is 0 Å². The fourth-order valence-corrected chi connectivity index (χ4v) is 1.98. The molecule has 1 aliphatic heterocycles. The third kappa shape index (κ3) is 2.10. The molecule has 0 spiro atoms. The van der Waals surface area contributed by atoms with Crippen molar-refractivity contribution < 1.29 is 14.7 Å². The maximum Gasteiger partial charge on any atom is 0.322 e. The molecule has 0 aliphatic carbocycles. The molecule has 0 aromatic carbocycles. The number of ketones is 1. The van der Waals surface area contributed by atoms with Gasteiger partial charge in [-0.3, -0.25) is 14.5 Å². The zero-order valence-corrected chi connectivity index (χ0v) is 8.27. The number of nitrogens with two attached hydrogens (primary N) is 1. The largest absolute Gasteiger partial charge is 0.480 e. The molecule has 0 amide bonds. The molecule has 1 saturated heterocycles. The summed E-state index contributed by atoms with van der Waals surface area (Å²) < 4.78 is 0. The molecule has 14 heavy (non-hydrogen) atoms. The summed E-state index contributed by atoms with van der Waals surface area (Å²) in [5, 5.41) is 8.90. The maximum absolute atomic E-state index is 11.2. The molecule has 1 rings (SSSR count). The van der Waals surface area contributed by atoms with Crippen LogP contribution in [-0.4, -0.2) is 46.9 Å². The van der Waals surface area contributed by atoms with Crippen LogP contribution in [0.4, 0.5) is 0 Å². The van der Waals surface area contributed by atoms with Crippen molar-refractivity contribution in [3.05, 3.63) is 0 Å². The highest BCUT2D eigenvalue weighted by atomic mass is 16.4. The SMILES string of the molecule is CC(=O)[C@H]1CCCN1C(CN)C(=O)O. The summed E-state index contributed by atoms with van der Waals surface area (Å²) in [6.45, 7) is 2.20. The summed E-state index contributed by atoms with van der Waals surface area (Å²) >= 11 is 0. The first kappa shape index (κ1) is 11.1. The lowest BCUT2D eigenvalue weighted by Crippen LogP contribution is -2.50. The van der Waals surface area contributed by atoms with Gasteiger partial charge in [0.25, 0.3) is 0 Å². The van der Waals surface area contributed by atoms with E-state index in [1.165, 1.54) is 6.92 Å². The highest BCUT2D eigenvalue weighted by Crippen LogP contribution is 2.20. The number of carboxylic acids is 1. The molecule has 0 saturated carbocycles. The van der Waals surface area contributed by atoms with Gasteiger partial charge in [0.1, 0.15) is 11.8 Å². The van der Waals surface area contributed by atoms with Crippen LogP contribution in [0, 0.1) is 0 Å². The lowest BCUT2D eigenvalue weighted by molar-refractivity contribution is -0.143. The Kier molecular flexibility index (Phi) is 3.60. The van der Waals surface area contributed by atoms with E-state index in [0.717, 1.165) is 12.8 Å². The Morgan fingerprint density at radius 2 is 2.29 bits per heavy atom. The minimum atomic E-state index is -0.944. The standard InChI is InChI=1S/C9H16N2O3/c1-6(12)7-3-2-4-11(7)8(5-10)9(13)14/h7-8H,2-5,10H2,1H3,(H,13,14)/t7-,8?/m1/s1. The van der Waals surface area contributed by atoms with E-state index in [-0.39, 0.29) is 18.4 Å². The normalized spacial score (nSPS) is 24.9. The van der Waals surface area contributed by atoms with Gasteiger partial charge in [-0.2, -0.15) is 0 Å². The number of nitrogens with zero attached hydrogens (tertiary/aromatic N) is 1. The van der Waals surface area contributed by atoms with Crippen LogP contribution >= 0.6 is 0 Å². The summed E-state index contributed by atoms with van der Waals surface area (Å²) in [6.07, 6.45) is 1.62. The van der Waals surface area contributed by atoms with Gasteiger partial charge in [-0.25, -0.2) is 0 Å². The van der Waals surface area contributed by atoms with Crippen LogP contribution in [0.25, 0.3) is 0 Å². The lowest BCUT2D eigenvalue weighted by Gasteiger charge is -2.27. The first-order valence-corrected chi connectivity index (χ1v) is 4.77. The molecule has 0 aromatic heterocycles. The van der Waals surface area contributed by atoms with Crippen molar-refractivity contribution >= 4 is 11.8 Å². The Balaban J connectivity index is 2.74. The Bertz CT molecular complexity index is 242. The first-order chi connectivity index (χ1) is 6.57. The number of carboxylic acid groups (broad SMARTS) is 1. The van der Waals surface area contributed by atoms with Gasteiger partial charge in [-0.15, -0.1) is 0 Å². The van der Waals surface area contributed by atoms with Crippen LogP contribution in [0.3, 0.4) is 0 Å². The number of likely N-dealkylation sites (tertiary alicyclic amines) is 1. The van der Waals surface area contributed by atoms with E-state index in [1.807, 2.05) is 0 Å². The van der Waals surface area contributed by atoms with Crippen molar-refractivity contribution in [3.8, 4) is 0 Å². The molecule has 0 bridgehead atoms. The molecular weight excluding hydrogens is 184 g/mol. The van der Waals surface area contributed by atoms with E-state index < -0.39 is 12.0 Å². The highest BCUT2D eigenvalue weighted by Gasteiger charge is 2.35. The maximum atomic E-state index is 11.2. The molecule has 1 heterocycles. The van der Waals surface area contributed by atoms with Gasteiger partial charge in [0.15, 0.2) is 0 Å². The Hall–Kier alpha value is -0.940. The average molecular weight is 200 g/mol. The van der Waals surface area contributed by atoms with Crippen LogP contribution in [0.1, 0.15) is 19.8 Å². The number of hydrogen-bond acceptors (Lipinski definition) is 4.